The molecule has 1 aliphatic carbocycles. The van der Waals surface area contributed by atoms with E-state index < -0.39 is 0 Å². The maximum absolute atomic E-state index is 9.91. The maximum Gasteiger partial charge on any atom is 0.229 e. The smallest absolute Gasteiger partial charge is 0.229 e. The zero-order valence-corrected chi connectivity index (χ0v) is 12.1. The lowest BCUT2D eigenvalue weighted by Gasteiger charge is -2.10. The summed E-state index contributed by atoms with van der Waals surface area (Å²) in [4.78, 5) is 4.49. The zero-order chi connectivity index (χ0) is 13.7. The third-order valence-electron chi connectivity index (χ3n) is 3.86. The average molecular weight is 266 g/mol. The first-order valence-electron chi connectivity index (χ1n) is 7.65. The van der Waals surface area contributed by atoms with Crippen molar-refractivity contribution < 1.29 is 9.63 Å². The van der Waals surface area contributed by atoms with Gasteiger partial charge >= 0.3 is 0 Å². The third-order valence-corrected chi connectivity index (χ3v) is 3.86. The zero-order valence-electron chi connectivity index (χ0n) is 12.1. The van der Waals surface area contributed by atoms with E-state index in [2.05, 4.69) is 24.0 Å². The molecular weight excluding hydrogens is 240 g/mol. The van der Waals surface area contributed by atoms with Crippen molar-refractivity contribution in [2.45, 2.75) is 77.2 Å². The van der Waals surface area contributed by atoms with Crippen LogP contribution in [0.5, 0.6) is 0 Å². The largest absolute Gasteiger partial charge is 0.393 e. The van der Waals surface area contributed by atoms with Crippen molar-refractivity contribution in [3.05, 3.63) is 11.7 Å². The minimum Gasteiger partial charge on any atom is -0.393 e. The van der Waals surface area contributed by atoms with Crippen molar-refractivity contribution in [1.29, 1.82) is 0 Å². The van der Waals surface area contributed by atoms with Crippen molar-refractivity contribution in [2.24, 2.45) is 5.92 Å². The van der Waals surface area contributed by atoms with Crippen LogP contribution in [0, 0.1) is 5.92 Å². The molecule has 1 heterocycles. The highest BCUT2D eigenvalue weighted by molar-refractivity contribution is 4.97. The molecule has 108 valence electrons. The molecule has 2 rings (SSSR count). The van der Waals surface area contributed by atoms with Gasteiger partial charge in [0.1, 0.15) is 0 Å². The molecule has 0 amide bonds. The molecule has 19 heavy (non-hydrogen) atoms. The van der Waals surface area contributed by atoms with E-state index in [4.69, 9.17) is 4.52 Å². The normalized spacial score (nSPS) is 19.6. The van der Waals surface area contributed by atoms with Gasteiger partial charge in [-0.1, -0.05) is 44.7 Å². The highest BCUT2D eigenvalue weighted by atomic mass is 16.5. The first-order chi connectivity index (χ1) is 9.15. The summed E-state index contributed by atoms with van der Waals surface area (Å²) < 4.78 is 5.29. The summed E-state index contributed by atoms with van der Waals surface area (Å²) in [7, 11) is 0. The van der Waals surface area contributed by atoms with E-state index in [9.17, 15) is 5.11 Å². The Labute approximate surface area is 115 Å². The predicted octanol–water partition coefficient (Wildman–Crippen LogP) is 3.46. The molecule has 1 saturated carbocycles. The molecule has 0 aromatic carbocycles. The van der Waals surface area contributed by atoms with Crippen LogP contribution in [0.2, 0.25) is 0 Å². The molecule has 1 N–H and O–H groups in total. The van der Waals surface area contributed by atoms with E-state index in [-0.39, 0.29) is 6.10 Å². The van der Waals surface area contributed by atoms with Gasteiger partial charge in [-0.2, -0.15) is 4.98 Å². The molecular formula is C15H26N2O2. The predicted molar refractivity (Wildman–Crippen MR) is 73.9 cm³/mol. The molecule has 1 fully saturated rings. The number of rotatable bonds is 5. The molecule has 1 aromatic heterocycles. The molecule has 4 nitrogen and oxygen atoms in total. The molecule has 1 aromatic rings. The van der Waals surface area contributed by atoms with E-state index in [1.165, 1.54) is 38.5 Å². The first kappa shape index (κ1) is 14.5. The summed E-state index contributed by atoms with van der Waals surface area (Å²) in [5, 5.41) is 14.0. The maximum atomic E-state index is 9.91. The van der Waals surface area contributed by atoms with Crippen LogP contribution in [0.15, 0.2) is 4.52 Å². The van der Waals surface area contributed by atoms with E-state index in [0.717, 1.165) is 12.2 Å². The lowest BCUT2D eigenvalue weighted by molar-refractivity contribution is 0.138. The SMILES string of the molecule is CC(C)CC(O)Cc1nc(C2CCCCCC2)no1. The molecule has 4 heteroatoms. The molecule has 1 unspecified atom stereocenters. The Morgan fingerprint density at radius 2 is 1.89 bits per heavy atom. The first-order valence-corrected chi connectivity index (χ1v) is 7.65. The highest BCUT2D eigenvalue weighted by Gasteiger charge is 2.21. The van der Waals surface area contributed by atoms with Crippen molar-refractivity contribution in [3.63, 3.8) is 0 Å². The fraction of sp³-hybridized carbons (Fsp3) is 0.867. The minimum absolute atomic E-state index is 0.373. The van der Waals surface area contributed by atoms with Crippen LogP contribution in [-0.4, -0.2) is 21.4 Å². The van der Waals surface area contributed by atoms with E-state index in [1.54, 1.807) is 0 Å². The molecule has 0 saturated heterocycles. The van der Waals surface area contributed by atoms with Crippen molar-refractivity contribution in [3.8, 4) is 0 Å². The van der Waals surface area contributed by atoms with Gasteiger partial charge in [0.05, 0.1) is 12.5 Å². The summed E-state index contributed by atoms with van der Waals surface area (Å²) in [5.74, 6) is 2.39. The molecule has 0 radical (unpaired) electrons. The highest BCUT2D eigenvalue weighted by Crippen LogP contribution is 2.29. The Hall–Kier alpha value is -0.900. The Balaban J connectivity index is 1.90. The minimum atomic E-state index is -0.373. The van der Waals surface area contributed by atoms with Crippen LogP contribution in [-0.2, 0) is 6.42 Å². The Bertz CT molecular complexity index is 368. The number of nitrogens with zero attached hydrogens (tertiary/aromatic N) is 2. The van der Waals surface area contributed by atoms with Gasteiger partial charge < -0.3 is 9.63 Å². The van der Waals surface area contributed by atoms with Crippen LogP contribution in [0.25, 0.3) is 0 Å². The van der Waals surface area contributed by atoms with E-state index in [1.807, 2.05) is 0 Å². The number of hydrogen-bond acceptors (Lipinski definition) is 4. The number of hydrogen-bond donors (Lipinski definition) is 1. The van der Waals surface area contributed by atoms with Gasteiger partial charge in [0, 0.05) is 5.92 Å². The third kappa shape index (κ3) is 4.60. The van der Waals surface area contributed by atoms with Gasteiger partial charge in [0.25, 0.3) is 0 Å². The number of aliphatic hydroxyl groups excluding tert-OH is 1. The Morgan fingerprint density at radius 3 is 2.53 bits per heavy atom. The van der Waals surface area contributed by atoms with E-state index in [0.29, 0.717) is 24.1 Å². The van der Waals surface area contributed by atoms with Crippen LogP contribution < -0.4 is 0 Å². The molecule has 0 bridgehead atoms. The lowest BCUT2D eigenvalue weighted by atomic mass is 10.00. The summed E-state index contributed by atoms with van der Waals surface area (Å²) in [5.41, 5.74) is 0. The monoisotopic (exact) mass is 266 g/mol. The van der Waals surface area contributed by atoms with Gasteiger partial charge in [-0.25, -0.2) is 0 Å². The van der Waals surface area contributed by atoms with Crippen molar-refractivity contribution in [1.82, 2.24) is 10.1 Å². The van der Waals surface area contributed by atoms with Gasteiger partial charge in [-0.15, -0.1) is 0 Å². The molecule has 1 aliphatic rings. The second-order valence-electron chi connectivity index (χ2n) is 6.22. The summed E-state index contributed by atoms with van der Waals surface area (Å²) >= 11 is 0. The number of aliphatic hydroxyl groups is 1. The molecule has 0 spiro atoms. The quantitative estimate of drug-likeness (QED) is 0.829. The summed E-state index contributed by atoms with van der Waals surface area (Å²) in [6.45, 7) is 4.21. The van der Waals surface area contributed by atoms with Gasteiger partial charge in [0.15, 0.2) is 5.82 Å². The topological polar surface area (TPSA) is 59.2 Å². The van der Waals surface area contributed by atoms with Gasteiger partial charge in [-0.05, 0) is 25.2 Å². The lowest BCUT2D eigenvalue weighted by Crippen LogP contribution is -2.13. The van der Waals surface area contributed by atoms with Gasteiger partial charge in [-0.3, -0.25) is 0 Å². The van der Waals surface area contributed by atoms with Crippen LogP contribution in [0.1, 0.15) is 76.4 Å². The second kappa shape index (κ2) is 7.04. The Morgan fingerprint density at radius 1 is 1.21 bits per heavy atom. The standard InChI is InChI=1S/C15H26N2O2/c1-11(2)9-13(18)10-14-16-15(17-19-14)12-7-5-3-4-6-8-12/h11-13,18H,3-10H2,1-2H3. The van der Waals surface area contributed by atoms with Crippen LogP contribution >= 0.6 is 0 Å². The van der Waals surface area contributed by atoms with Crippen LogP contribution in [0.3, 0.4) is 0 Å². The van der Waals surface area contributed by atoms with Crippen molar-refractivity contribution >= 4 is 0 Å². The molecule has 0 aliphatic heterocycles. The summed E-state index contributed by atoms with van der Waals surface area (Å²) in [6.07, 6.45) is 8.43. The van der Waals surface area contributed by atoms with Crippen molar-refractivity contribution in [2.75, 3.05) is 0 Å². The summed E-state index contributed by atoms with van der Waals surface area (Å²) in [6, 6.07) is 0. The fourth-order valence-electron chi connectivity index (χ4n) is 2.88. The average Bonchev–Trinajstić information content (AvgIpc) is 2.63. The van der Waals surface area contributed by atoms with Crippen LogP contribution in [0.4, 0.5) is 0 Å². The number of aromatic nitrogens is 2. The Kier molecular flexibility index (Phi) is 5.37. The molecule has 1 atom stereocenters. The van der Waals surface area contributed by atoms with E-state index >= 15 is 0 Å². The van der Waals surface area contributed by atoms with Gasteiger partial charge in [0.2, 0.25) is 5.89 Å². The second-order valence-corrected chi connectivity index (χ2v) is 6.22. The fourth-order valence-corrected chi connectivity index (χ4v) is 2.88.